The fraction of sp³-hybridized carbons (Fsp3) is 0.650. The first-order chi connectivity index (χ1) is 13.0. The Kier molecular flexibility index (Phi) is 5.07. The lowest BCUT2D eigenvalue weighted by Gasteiger charge is -2.42. The second-order valence-electron chi connectivity index (χ2n) is 8.22. The van der Waals surface area contributed by atoms with Crippen molar-refractivity contribution in [3.8, 4) is 0 Å². The van der Waals surface area contributed by atoms with E-state index in [-0.39, 0.29) is 11.3 Å². The van der Waals surface area contributed by atoms with Gasteiger partial charge in [-0.25, -0.2) is 0 Å². The molecule has 2 aliphatic rings. The second kappa shape index (κ2) is 7.36. The maximum Gasteiger partial charge on any atom is 0.264 e. The summed E-state index contributed by atoms with van der Waals surface area (Å²) in [6.07, 6.45) is 5.04. The molecular weight excluding hydrogens is 358 g/mol. The molecule has 6 nitrogen and oxygen atoms in total. The first kappa shape index (κ1) is 18.6. The van der Waals surface area contributed by atoms with E-state index in [1.807, 2.05) is 24.7 Å². The summed E-state index contributed by atoms with van der Waals surface area (Å²) in [6, 6.07) is 2.03. The SMILES string of the molecule is CCCn1cnnc1C1CN(C)CC12CCN(C(=O)c1sccc1C)CC2. The summed E-state index contributed by atoms with van der Waals surface area (Å²) >= 11 is 1.56. The summed E-state index contributed by atoms with van der Waals surface area (Å²) in [4.78, 5) is 18.3. The van der Waals surface area contributed by atoms with E-state index in [0.717, 1.165) is 68.3 Å². The molecule has 1 spiro atoms. The van der Waals surface area contributed by atoms with Gasteiger partial charge < -0.3 is 14.4 Å². The molecule has 0 bridgehead atoms. The van der Waals surface area contributed by atoms with Gasteiger partial charge in [-0.15, -0.1) is 21.5 Å². The summed E-state index contributed by atoms with van der Waals surface area (Å²) in [5.74, 6) is 1.74. The zero-order chi connectivity index (χ0) is 19.0. The van der Waals surface area contributed by atoms with Crippen molar-refractivity contribution in [2.75, 3.05) is 33.2 Å². The predicted molar refractivity (Wildman–Crippen MR) is 107 cm³/mol. The van der Waals surface area contributed by atoms with Crippen LogP contribution in [0.15, 0.2) is 17.8 Å². The number of piperidine rings is 1. The standard InChI is InChI=1S/C20H29N5OS/c1-4-8-25-14-21-22-18(25)16-12-23(3)13-20(16)6-9-24(10-7-20)19(26)17-15(2)5-11-27-17/h5,11,14,16H,4,6-10,12-13H2,1-3H3. The van der Waals surface area contributed by atoms with Gasteiger partial charge in [-0.3, -0.25) is 4.79 Å². The van der Waals surface area contributed by atoms with E-state index in [1.165, 1.54) is 0 Å². The number of amides is 1. The van der Waals surface area contributed by atoms with Crippen molar-refractivity contribution in [3.63, 3.8) is 0 Å². The number of hydrogen-bond acceptors (Lipinski definition) is 5. The van der Waals surface area contributed by atoms with Crippen LogP contribution in [0.1, 0.15) is 53.2 Å². The molecule has 7 heteroatoms. The third kappa shape index (κ3) is 3.31. The Morgan fingerprint density at radius 2 is 2.15 bits per heavy atom. The molecule has 2 aromatic heterocycles. The average Bonchev–Trinajstić information content (AvgIpc) is 3.35. The van der Waals surface area contributed by atoms with Gasteiger partial charge in [-0.2, -0.15) is 0 Å². The van der Waals surface area contributed by atoms with Crippen LogP contribution in [0, 0.1) is 12.3 Å². The summed E-state index contributed by atoms with van der Waals surface area (Å²) in [7, 11) is 2.20. The molecule has 4 rings (SSSR count). The minimum absolute atomic E-state index is 0.203. The van der Waals surface area contributed by atoms with Crippen molar-refractivity contribution in [1.82, 2.24) is 24.6 Å². The molecule has 2 fully saturated rings. The monoisotopic (exact) mass is 387 g/mol. The topological polar surface area (TPSA) is 54.3 Å². The zero-order valence-electron chi connectivity index (χ0n) is 16.5. The molecule has 2 aliphatic heterocycles. The summed E-state index contributed by atoms with van der Waals surface area (Å²) in [6.45, 7) is 8.97. The van der Waals surface area contributed by atoms with Crippen molar-refractivity contribution in [1.29, 1.82) is 0 Å². The maximum atomic E-state index is 12.9. The number of rotatable bonds is 4. The number of aryl methyl sites for hydroxylation is 2. The van der Waals surface area contributed by atoms with Crippen molar-refractivity contribution in [2.45, 2.75) is 45.6 Å². The molecule has 2 saturated heterocycles. The molecule has 0 aromatic carbocycles. The number of carbonyl (C=O) groups is 1. The van der Waals surface area contributed by atoms with Gasteiger partial charge in [0.2, 0.25) is 0 Å². The van der Waals surface area contributed by atoms with Gasteiger partial charge in [-0.1, -0.05) is 6.92 Å². The van der Waals surface area contributed by atoms with Crippen LogP contribution in [0.2, 0.25) is 0 Å². The Bertz CT molecular complexity index is 805. The van der Waals surface area contributed by atoms with Crippen LogP contribution >= 0.6 is 11.3 Å². The zero-order valence-corrected chi connectivity index (χ0v) is 17.3. The Balaban J connectivity index is 1.52. The van der Waals surface area contributed by atoms with Crippen LogP contribution < -0.4 is 0 Å². The molecule has 1 atom stereocenters. The number of likely N-dealkylation sites (tertiary alicyclic amines) is 2. The van der Waals surface area contributed by atoms with Crippen molar-refractivity contribution in [2.24, 2.45) is 5.41 Å². The van der Waals surface area contributed by atoms with E-state index in [0.29, 0.717) is 5.92 Å². The van der Waals surface area contributed by atoms with Crippen LogP contribution in [0.5, 0.6) is 0 Å². The average molecular weight is 388 g/mol. The summed E-state index contributed by atoms with van der Waals surface area (Å²) in [5, 5.41) is 10.7. The van der Waals surface area contributed by atoms with Crippen LogP contribution in [-0.2, 0) is 6.54 Å². The lowest BCUT2D eigenvalue weighted by molar-refractivity contribution is 0.0564. The Hall–Kier alpha value is -1.73. The van der Waals surface area contributed by atoms with Crippen molar-refractivity contribution in [3.05, 3.63) is 34.0 Å². The lowest BCUT2D eigenvalue weighted by Crippen LogP contribution is -2.46. The van der Waals surface area contributed by atoms with Crippen LogP contribution in [0.25, 0.3) is 0 Å². The number of aromatic nitrogens is 3. The number of carbonyl (C=O) groups excluding carboxylic acids is 1. The number of thiophene rings is 1. The third-order valence-corrected chi connectivity index (χ3v) is 7.35. The Labute approximate surface area is 165 Å². The van der Waals surface area contributed by atoms with E-state index >= 15 is 0 Å². The lowest BCUT2D eigenvalue weighted by atomic mass is 9.70. The van der Waals surface area contributed by atoms with Crippen molar-refractivity contribution >= 4 is 17.2 Å². The third-order valence-electron chi connectivity index (χ3n) is 6.34. The normalized spacial score (nSPS) is 22.6. The van der Waals surface area contributed by atoms with Gasteiger partial charge >= 0.3 is 0 Å². The van der Waals surface area contributed by atoms with E-state index < -0.39 is 0 Å². The van der Waals surface area contributed by atoms with Crippen molar-refractivity contribution < 1.29 is 4.79 Å². The molecular formula is C20H29N5OS. The van der Waals surface area contributed by atoms with Gasteiger partial charge in [0.1, 0.15) is 12.2 Å². The van der Waals surface area contributed by atoms with E-state index in [2.05, 4.69) is 38.5 Å². The Morgan fingerprint density at radius 1 is 1.37 bits per heavy atom. The molecule has 27 heavy (non-hydrogen) atoms. The molecule has 1 amide bonds. The highest BCUT2D eigenvalue weighted by atomic mass is 32.1. The highest BCUT2D eigenvalue weighted by molar-refractivity contribution is 7.12. The molecule has 4 heterocycles. The summed E-state index contributed by atoms with van der Waals surface area (Å²) < 4.78 is 2.23. The minimum Gasteiger partial charge on any atom is -0.338 e. The largest absolute Gasteiger partial charge is 0.338 e. The molecule has 0 aliphatic carbocycles. The molecule has 0 saturated carbocycles. The van der Waals surface area contributed by atoms with Crippen LogP contribution in [0.3, 0.4) is 0 Å². The fourth-order valence-corrected chi connectivity index (χ4v) is 5.81. The van der Waals surface area contributed by atoms with E-state index in [4.69, 9.17) is 0 Å². The van der Waals surface area contributed by atoms with E-state index in [1.54, 1.807) is 11.3 Å². The predicted octanol–water partition coefficient (Wildman–Crippen LogP) is 3.01. The van der Waals surface area contributed by atoms with Gasteiger partial charge in [0, 0.05) is 38.6 Å². The second-order valence-corrected chi connectivity index (χ2v) is 9.14. The van der Waals surface area contributed by atoms with Gasteiger partial charge in [0.05, 0.1) is 4.88 Å². The highest BCUT2D eigenvalue weighted by Crippen LogP contribution is 2.49. The molecule has 2 aromatic rings. The first-order valence-electron chi connectivity index (χ1n) is 9.93. The van der Waals surface area contributed by atoms with Crippen LogP contribution in [-0.4, -0.2) is 63.7 Å². The van der Waals surface area contributed by atoms with E-state index in [9.17, 15) is 4.79 Å². The molecule has 146 valence electrons. The van der Waals surface area contributed by atoms with Crippen LogP contribution in [0.4, 0.5) is 0 Å². The quantitative estimate of drug-likeness (QED) is 0.809. The summed E-state index contributed by atoms with van der Waals surface area (Å²) in [5.41, 5.74) is 1.30. The van der Waals surface area contributed by atoms with Gasteiger partial charge in [0.15, 0.2) is 0 Å². The first-order valence-corrected chi connectivity index (χ1v) is 10.8. The Morgan fingerprint density at radius 3 is 2.81 bits per heavy atom. The highest BCUT2D eigenvalue weighted by Gasteiger charge is 2.50. The number of nitrogens with zero attached hydrogens (tertiary/aromatic N) is 5. The number of likely N-dealkylation sites (N-methyl/N-ethyl adjacent to an activating group) is 1. The fourth-order valence-electron chi connectivity index (χ4n) is 4.92. The minimum atomic E-state index is 0.203. The van der Waals surface area contributed by atoms with Gasteiger partial charge in [0.25, 0.3) is 5.91 Å². The van der Waals surface area contributed by atoms with Gasteiger partial charge in [-0.05, 0) is 55.7 Å². The molecule has 0 N–H and O–H groups in total. The number of hydrogen-bond donors (Lipinski definition) is 0. The maximum absolute atomic E-state index is 12.9. The smallest absolute Gasteiger partial charge is 0.264 e. The molecule has 0 radical (unpaired) electrons. The molecule has 1 unspecified atom stereocenters.